The molecule has 2 aromatic heterocycles. The summed E-state index contributed by atoms with van der Waals surface area (Å²) < 4.78 is 11.7. The van der Waals surface area contributed by atoms with Gasteiger partial charge in [0.15, 0.2) is 0 Å². The number of halogens is 1. The summed E-state index contributed by atoms with van der Waals surface area (Å²) in [6, 6.07) is 7.55. The quantitative estimate of drug-likeness (QED) is 0.361. The highest BCUT2D eigenvalue weighted by Gasteiger charge is 2.29. The number of nitrogens with zero attached hydrogens (tertiary/aromatic N) is 1. The van der Waals surface area contributed by atoms with Crippen LogP contribution >= 0.6 is 24.2 Å². The van der Waals surface area contributed by atoms with Crippen molar-refractivity contribution in [2.45, 2.75) is 49.8 Å². The first-order valence-corrected chi connectivity index (χ1v) is 12.3. The van der Waals surface area contributed by atoms with Crippen molar-refractivity contribution in [3.8, 4) is 5.75 Å². The number of hydrogen-bond donors (Lipinski definition) is 4. The summed E-state index contributed by atoms with van der Waals surface area (Å²) in [6.45, 7) is 3.78. The monoisotopic (exact) mass is 498 g/mol. The molecule has 178 valence electrons. The summed E-state index contributed by atoms with van der Waals surface area (Å²) in [5.74, 6) is 0.567. The summed E-state index contributed by atoms with van der Waals surface area (Å²) in [7, 11) is 0. The van der Waals surface area contributed by atoms with Crippen molar-refractivity contribution in [3.05, 3.63) is 58.6 Å². The molecule has 2 aliphatic heterocycles. The van der Waals surface area contributed by atoms with E-state index in [9.17, 15) is 4.79 Å². The highest BCUT2D eigenvalue weighted by atomic mass is 35.5. The van der Waals surface area contributed by atoms with Crippen LogP contribution in [-0.4, -0.2) is 41.2 Å². The number of aromatic nitrogens is 2. The lowest BCUT2D eigenvalue weighted by Crippen LogP contribution is -2.40. The van der Waals surface area contributed by atoms with Gasteiger partial charge in [0.1, 0.15) is 12.4 Å². The maximum atomic E-state index is 13.1. The molecule has 1 fully saturated rings. The van der Waals surface area contributed by atoms with Crippen LogP contribution in [0.25, 0.3) is 16.5 Å². The zero-order valence-electron chi connectivity index (χ0n) is 18.9. The van der Waals surface area contributed by atoms with Crippen LogP contribution in [0.5, 0.6) is 5.75 Å². The highest BCUT2D eigenvalue weighted by Crippen LogP contribution is 2.37. The zero-order valence-corrected chi connectivity index (χ0v) is 20.5. The van der Waals surface area contributed by atoms with Crippen molar-refractivity contribution >= 4 is 46.6 Å². The van der Waals surface area contributed by atoms with Crippen molar-refractivity contribution < 1.29 is 14.3 Å². The van der Waals surface area contributed by atoms with Gasteiger partial charge in [-0.15, -0.1) is 12.6 Å². The molecule has 9 heteroatoms. The Labute approximate surface area is 208 Å². The molecule has 0 spiro atoms. The summed E-state index contributed by atoms with van der Waals surface area (Å²) in [5, 5.41) is 7.92. The molecule has 5 rings (SSSR count). The normalized spacial score (nSPS) is 20.6. The van der Waals surface area contributed by atoms with Gasteiger partial charge in [0, 0.05) is 58.9 Å². The van der Waals surface area contributed by atoms with Gasteiger partial charge in [-0.2, -0.15) is 0 Å². The molecule has 4 heterocycles. The summed E-state index contributed by atoms with van der Waals surface area (Å²) in [5.41, 5.74) is 3.85. The van der Waals surface area contributed by atoms with Crippen molar-refractivity contribution in [2.75, 3.05) is 13.2 Å². The van der Waals surface area contributed by atoms with Crippen LogP contribution in [0.15, 0.2) is 47.3 Å². The second kappa shape index (κ2) is 9.90. The maximum Gasteiger partial charge on any atom is 0.255 e. The number of carbonyl (C=O) groups excluding carboxylic acids is 1. The fourth-order valence-electron chi connectivity index (χ4n) is 4.53. The molecule has 1 saturated heterocycles. The molecule has 2 aliphatic rings. The van der Waals surface area contributed by atoms with E-state index < -0.39 is 0 Å². The fourth-order valence-corrected chi connectivity index (χ4v) is 5.27. The van der Waals surface area contributed by atoms with Gasteiger partial charge in [-0.3, -0.25) is 9.78 Å². The Morgan fingerprint density at radius 3 is 3.03 bits per heavy atom. The third-order valence-electron chi connectivity index (χ3n) is 6.22. The minimum absolute atomic E-state index is 0.00256. The van der Waals surface area contributed by atoms with Crippen molar-refractivity contribution in [1.82, 2.24) is 20.6 Å². The van der Waals surface area contributed by atoms with E-state index in [0.29, 0.717) is 46.5 Å². The molecule has 34 heavy (non-hydrogen) atoms. The second-order valence-electron chi connectivity index (χ2n) is 8.73. The lowest BCUT2D eigenvalue weighted by atomic mass is 9.98. The lowest BCUT2D eigenvalue weighted by Gasteiger charge is -2.27. The number of H-pyrrole nitrogens is 1. The topological polar surface area (TPSA) is 88.3 Å². The molecule has 0 radical (unpaired) electrons. The van der Waals surface area contributed by atoms with E-state index in [1.165, 1.54) is 0 Å². The van der Waals surface area contributed by atoms with Crippen LogP contribution in [0, 0.1) is 0 Å². The number of pyridine rings is 1. The molecule has 1 unspecified atom stereocenters. The Kier molecular flexibility index (Phi) is 6.72. The smallest absolute Gasteiger partial charge is 0.255 e. The van der Waals surface area contributed by atoms with Crippen LogP contribution in [0.1, 0.15) is 37.4 Å². The van der Waals surface area contributed by atoms with Crippen LogP contribution in [0.3, 0.4) is 0 Å². The highest BCUT2D eigenvalue weighted by molar-refractivity contribution is 7.80. The van der Waals surface area contributed by atoms with Gasteiger partial charge < -0.3 is 25.1 Å². The van der Waals surface area contributed by atoms with E-state index in [-0.39, 0.29) is 18.1 Å². The molecule has 0 saturated carbocycles. The van der Waals surface area contributed by atoms with E-state index in [1.807, 2.05) is 31.2 Å². The zero-order chi connectivity index (χ0) is 23.7. The van der Waals surface area contributed by atoms with Gasteiger partial charge >= 0.3 is 0 Å². The Balaban J connectivity index is 1.44. The number of aromatic amines is 1. The predicted octanol–water partition coefficient (Wildman–Crippen LogP) is 4.47. The van der Waals surface area contributed by atoms with Crippen molar-refractivity contribution in [2.24, 2.45) is 0 Å². The first kappa shape index (κ1) is 23.1. The first-order chi connectivity index (χ1) is 16.5. The van der Waals surface area contributed by atoms with Crippen LogP contribution in [0.4, 0.5) is 0 Å². The number of hydrogen-bond acceptors (Lipinski definition) is 6. The number of ether oxygens (including phenoxy) is 2. The molecule has 7 nitrogen and oxygen atoms in total. The van der Waals surface area contributed by atoms with Gasteiger partial charge in [-0.05, 0) is 38.0 Å². The molecule has 3 N–H and O–H groups in total. The molecule has 0 bridgehead atoms. The van der Waals surface area contributed by atoms with Gasteiger partial charge in [-0.1, -0.05) is 17.7 Å². The predicted molar refractivity (Wildman–Crippen MR) is 135 cm³/mol. The van der Waals surface area contributed by atoms with Gasteiger partial charge in [0.25, 0.3) is 5.91 Å². The number of carbonyl (C=O) groups is 1. The lowest BCUT2D eigenvalue weighted by molar-refractivity contribution is -0.116. The third kappa shape index (κ3) is 4.62. The minimum atomic E-state index is -0.149. The standard InChI is InChI=1S/C25H27ClN4O3S/c1-14-10-19(28-11-15-7-8-27-12-20(15)33-13-16-4-3-9-32-16)22(25(31)29-14)23-24(34)21-17(26)5-2-6-18(21)30-23/h2,5-8,12,14,16,28,30,34H,3-4,9-11,13H2,1H3,(H,29,31)/t14?,16-/m0/s1. The first-order valence-electron chi connectivity index (χ1n) is 11.5. The Hall–Kier alpha value is -2.68. The minimum Gasteiger partial charge on any atom is -0.489 e. The molecule has 2 atom stereocenters. The SMILES string of the molecule is CC1CC(NCc2ccncc2OC[C@@H]2CCCO2)=C(c2[nH]c3cccc(Cl)c3c2S)C(=O)N1. The molecule has 3 aromatic rings. The summed E-state index contributed by atoms with van der Waals surface area (Å²) >= 11 is 11.1. The molecule has 1 amide bonds. The number of benzene rings is 1. The van der Waals surface area contributed by atoms with E-state index in [2.05, 4.69) is 20.6 Å². The van der Waals surface area contributed by atoms with E-state index in [1.54, 1.807) is 12.4 Å². The Morgan fingerprint density at radius 2 is 2.24 bits per heavy atom. The van der Waals surface area contributed by atoms with Crippen molar-refractivity contribution in [1.29, 1.82) is 0 Å². The van der Waals surface area contributed by atoms with E-state index in [0.717, 1.165) is 41.6 Å². The average molecular weight is 499 g/mol. The molecular weight excluding hydrogens is 472 g/mol. The van der Waals surface area contributed by atoms with Gasteiger partial charge in [-0.25, -0.2) is 0 Å². The van der Waals surface area contributed by atoms with Crippen LogP contribution in [0.2, 0.25) is 5.02 Å². The third-order valence-corrected chi connectivity index (χ3v) is 6.99. The van der Waals surface area contributed by atoms with E-state index >= 15 is 0 Å². The maximum absolute atomic E-state index is 13.1. The summed E-state index contributed by atoms with van der Waals surface area (Å²) in [4.78, 5) is 21.3. The van der Waals surface area contributed by atoms with E-state index in [4.69, 9.17) is 33.7 Å². The molecular formula is C25H27ClN4O3S. The molecule has 0 aliphatic carbocycles. The Bertz CT molecular complexity index is 1250. The fraction of sp³-hybridized carbons (Fsp3) is 0.360. The summed E-state index contributed by atoms with van der Waals surface area (Å²) in [6.07, 6.45) is 6.34. The number of thiol groups is 1. The average Bonchev–Trinajstić information content (AvgIpc) is 3.45. The largest absolute Gasteiger partial charge is 0.489 e. The van der Waals surface area contributed by atoms with Gasteiger partial charge in [0.05, 0.1) is 28.6 Å². The van der Waals surface area contributed by atoms with Crippen molar-refractivity contribution in [3.63, 3.8) is 0 Å². The van der Waals surface area contributed by atoms with Gasteiger partial charge in [0.2, 0.25) is 0 Å². The number of nitrogens with one attached hydrogen (secondary N) is 3. The van der Waals surface area contributed by atoms with Crippen LogP contribution < -0.4 is 15.4 Å². The number of amides is 1. The van der Waals surface area contributed by atoms with Crippen LogP contribution in [-0.2, 0) is 16.1 Å². The number of rotatable bonds is 7. The number of fused-ring (bicyclic) bond motifs is 1. The molecule has 1 aromatic carbocycles. The second-order valence-corrected chi connectivity index (χ2v) is 9.58. The Morgan fingerprint density at radius 1 is 1.35 bits per heavy atom.